The number of benzene rings is 1. The van der Waals surface area contributed by atoms with Gasteiger partial charge in [0.1, 0.15) is 5.76 Å². The van der Waals surface area contributed by atoms with Crippen LogP contribution in [0.5, 0.6) is 0 Å². The van der Waals surface area contributed by atoms with Crippen LogP contribution in [0.2, 0.25) is 0 Å². The molecule has 2 aromatic rings. The zero-order chi connectivity index (χ0) is 15.5. The van der Waals surface area contributed by atoms with E-state index in [4.69, 9.17) is 4.42 Å². The Bertz CT molecular complexity index is 421. The zero-order valence-corrected chi connectivity index (χ0v) is 13.7. The van der Waals surface area contributed by atoms with Gasteiger partial charge in [0.15, 0.2) is 0 Å². The second-order valence-corrected chi connectivity index (χ2v) is 5.20. The Morgan fingerprint density at radius 1 is 0.850 bits per heavy atom. The lowest BCUT2D eigenvalue weighted by Gasteiger charge is -2.09. The Balaban J connectivity index is 0.000000377. The van der Waals surface area contributed by atoms with Gasteiger partial charge in [-0.3, -0.25) is 0 Å². The number of nitrogens with two attached hydrogens (primary N) is 1. The molecule has 0 unspecified atom stereocenters. The summed E-state index contributed by atoms with van der Waals surface area (Å²) in [6.07, 6.45) is 1.66. The Morgan fingerprint density at radius 3 is 1.60 bits per heavy atom. The van der Waals surface area contributed by atoms with Gasteiger partial charge in [-0.05, 0) is 49.1 Å². The minimum absolute atomic E-state index is 0.642. The molecule has 0 spiro atoms. The molecule has 0 aliphatic rings. The minimum Gasteiger partial charge on any atom is -0.470 e. The summed E-state index contributed by atoms with van der Waals surface area (Å²) in [6, 6.07) is 12.7. The summed E-state index contributed by atoms with van der Waals surface area (Å²) < 4.78 is 4.83. The molecule has 1 heterocycles. The molecule has 2 nitrogen and oxygen atoms in total. The number of rotatable bonds is 2. The smallest absolute Gasteiger partial charge is 0.100 e. The van der Waals surface area contributed by atoms with Crippen LogP contribution in [0.25, 0.3) is 0 Å². The minimum atomic E-state index is 0.642. The van der Waals surface area contributed by atoms with Gasteiger partial charge in [-0.1, -0.05) is 52.0 Å². The highest BCUT2D eigenvalue weighted by molar-refractivity contribution is 5.27. The zero-order valence-electron chi connectivity index (χ0n) is 13.7. The molecule has 2 rings (SSSR count). The monoisotopic (exact) mass is 275 g/mol. The van der Waals surface area contributed by atoms with Crippen LogP contribution < -0.4 is 5.73 Å². The molecule has 2 N–H and O–H groups in total. The van der Waals surface area contributed by atoms with Crippen LogP contribution in [0.1, 0.15) is 56.4 Å². The van der Waals surface area contributed by atoms with Gasteiger partial charge in [-0.25, -0.2) is 0 Å². The van der Waals surface area contributed by atoms with Crippen molar-refractivity contribution in [3.63, 3.8) is 0 Å². The van der Waals surface area contributed by atoms with Crippen LogP contribution in [0.4, 0.5) is 0 Å². The van der Waals surface area contributed by atoms with Crippen molar-refractivity contribution in [3.8, 4) is 0 Å². The van der Waals surface area contributed by atoms with Crippen molar-refractivity contribution in [2.75, 3.05) is 7.05 Å². The topological polar surface area (TPSA) is 39.2 Å². The first kappa shape index (κ1) is 18.5. The van der Waals surface area contributed by atoms with Gasteiger partial charge < -0.3 is 10.2 Å². The lowest BCUT2D eigenvalue weighted by molar-refractivity contribution is 0.534. The number of hydrogen-bond donors (Lipinski definition) is 1. The van der Waals surface area contributed by atoms with E-state index in [1.165, 1.54) is 18.2 Å². The Morgan fingerprint density at radius 2 is 1.35 bits per heavy atom. The second-order valence-electron chi connectivity index (χ2n) is 5.20. The molecule has 2 heteroatoms. The first-order valence-corrected chi connectivity index (χ1v) is 7.18. The summed E-state index contributed by atoms with van der Waals surface area (Å²) in [7, 11) is 1.50. The molecule has 0 radical (unpaired) electrons. The molecule has 0 saturated heterocycles. The van der Waals surface area contributed by atoms with E-state index in [1.807, 2.05) is 19.1 Å². The van der Waals surface area contributed by atoms with E-state index < -0.39 is 0 Å². The maximum Gasteiger partial charge on any atom is 0.100 e. The third-order valence-corrected chi connectivity index (χ3v) is 2.91. The third kappa shape index (κ3) is 7.15. The molecule has 0 atom stereocenters. The predicted molar refractivity (Wildman–Crippen MR) is 88.2 cm³/mol. The lowest BCUT2D eigenvalue weighted by Crippen LogP contribution is -1.91. The Kier molecular flexibility index (Phi) is 9.48. The van der Waals surface area contributed by atoms with Crippen molar-refractivity contribution >= 4 is 0 Å². The van der Waals surface area contributed by atoms with Gasteiger partial charge in [-0.2, -0.15) is 0 Å². The highest BCUT2D eigenvalue weighted by atomic mass is 16.3. The Labute approximate surface area is 124 Å². The van der Waals surface area contributed by atoms with E-state index in [0.717, 1.165) is 5.76 Å². The summed E-state index contributed by atoms with van der Waals surface area (Å²) in [5.74, 6) is 2.25. The van der Waals surface area contributed by atoms with Crippen LogP contribution in [-0.4, -0.2) is 7.05 Å². The third-order valence-electron chi connectivity index (χ3n) is 2.91. The quantitative estimate of drug-likeness (QED) is 0.828. The molecule has 0 saturated carbocycles. The molecule has 20 heavy (non-hydrogen) atoms. The summed E-state index contributed by atoms with van der Waals surface area (Å²) in [6.45, 7) is 10.9. The molecule has 1 aromatic heterocycles. The molecule has 112 valence electrons. The average Bonchev–Trinajstić information content (AvgIpc) is 2.93. The molecule has 0 bridgehead atoms. The van der Waals surface area contributed by atoms with Crippen LogP contribution in [-0.2, 0) is 0 Å². The van der Waals surface area contributed by atoms with Gasteiger partial charge in [0, 0.05) is 0 Å². The van der Waals surface area contributed by atoms with E-state index >= 15 is 0 Å². The van der Waals surface area contributed by atoms with Crippen LogP contribution in [0.15, 0.2) is 47.1 Å². The van der Waals surface area contributed by atoms with Crippen molar-refractivity contribution in [3.05, 3.63) is 59.5 Å². The molecule has 0 fully saturated rings. The van der Waals surface area contributed by atoms with Crippen molar-refractivity contribution in [2.45, 2.75) is 46.5 Å². The molecule has 0 aliphatic heterocycles. The highest BCUT2D eigenvalue weighted by Crippen LogP contribution is 2.20. The fourth-order valence-corrected chi connectivity index (χ4v) is 1.64. The largest absolute Gasteiger partial charge is 0.470 e. The van der Waals surface area contributed by atoms with Gasteiger partial charge in [0.05, 0.1) is 6.26 Å². The van der Waals surface area contributed by atoms with Gasteiger partial charge in [-0.15, -0.1) is 0 Å². The van der Waals surface area contributed by atoms with E-state index in [-0.39, 0.29) is 0 Å². The fourth-order valence-electron chi connectivity index (χ4n) is 1.64. The van der Waals surface area contributed by atoms with Gasteiger partial charge in [0.25, 0.3) is 0 Å². The van der Waals surface area contributed by atoms with Crippen LogP contribution in [0, 0.1) is 6.92 Å². The molecular weight excluding hydrogens is 246 g/mol. The summed E-state index contributed by atoms with van der Waals surface area (Å²) >= 11 is 0. The second kappa shape index (κ2) is 10.3. The summed E-state index contributed by atoms with van der Waals surface area (Å²) in [5.41, 5.74) is 7.39. The van der Waals surface area contributed by atoms with Crippen molar-refractivity contribution in [1.29, 1.82) is 0 Å². The average molecular weight is 275 g/mol. The van der Waals surface area contributed by atoms with Crippen LogP contribution in [0.3, 0.4) is 0 Å². The van der Waals surface area contributed by atoms with Crippen molar-refractivity contribution in [1.82, 2.24) is 0 Å². The fraction of sp³-hybridized carbons (Fsp3) is 0.444. The van der Waals surface area contributed by atoms with Crippen molar-refractivity contribution in [2.24, 2.45) is 5.73 Å². The van der Waals surface area contributed by atoms with Gasteiger partial charge >= 0.3 is 0 Å². The maximum atomic E-state index is 4.83. The summed E-state index contributed by atoms with van der Waals surface area (Å²) in [5, 5.41) is 0. The SMILES string of the molecule is CC(C)c1cccc(C(C)C)c1.CN.Cc1ccco1. The van der Waals surface area contributed by atoms with Crippen molar-refractivity contribution < 1.29 is 4.42 Å². The van der Waals surface area contributed by atoms with E-state index in [2.05, 4.69) is 57.7 Å². The first-order valence-electron chi connectivity index (χ1n) is 7.18. The normalized spacial score (nSPS) is 9.65. The van der Waals surface area contributed by atoms with E-state index in [1.54, 1.807) is 6.26 Å². The number of furan rings is 1. The van der Waals surface area contributed by atoms with Crippen LogP contribution >= 0.6 is 0 Å². The highest BCUT2D eigenvalue weighted by Gasteiger charge is 2.02. The predicted octanol–water partition coefficient (Wildman–Crippen LogP) is 5.10. The molecule has 0 aliphatic carbocycles. The number of hydrogen-bond acceptors (Lipinski definition) is 2. The van der Waals surface area contributed by atoms with E-state index in [0.29, 0.717) is 11.8 Å². The number of aryl methyl sites for hydroxylation is 1. The standard InChI is InChI=1S/C12H18.C5H6O.CH5N/c1-9(2)11-6-5-7-12(8-11)10(3)4;1-5-3-2-4-6-5;1-2/h5-10H,1-4H3;2-4H,1H3;2H2,1H3. The maximum absolute atomic E-state index is 4.83. The molecule has 0 amide bonds. The molecular formula is C18H29NO. The lowest BCUT2D eigenvalue weighted by atomic mass is 9.96. The molecule has 1 aromatic carbocycles. The Hall–Kier alpha value is -1.54. The van der Waals surface area contributed by atoms with Gasteiger partial charge in [0.2, 0.25) is 0 Å². The first-order chi connectivity index (χ1) is 9.50. The van der Waals surface area contributed by atoms with E-state index in [9.17, 15) is 0 Å². The summed E-state index contributed by atoms with van der Waals surface area (Å²) in [4.78, 5) is 0.